The Bertz CT molecular complexity index is 315. The smallest absolute Gasteiger partial charge is 0.0612 e. The first kappa shape index (κ1) is 12.6. The van der Waals surface area contributed by atoms with E-state index in [-0.39, 0.29) is 0 Å². The number of hydrogen-bond donors (Lipinski definition) is 1. The maximum absolute atomic E-state index is 5.94. The Labute approximate surface area is 101 Å². The van der Waals surface area contributed by atoms with Gasteiger partial charge in [-0.1, -0.05) is 23.2 Å². The maximum Gasteiger partial charge on any atom is 0.0612 e. The Morgan fingerprint density at radius 3 is 2.53 bits per heavy atom. The lowest BCUT2D eigenvalue weighted by Crippen LogP contribution is -2.19. The van der Waals surface area contributed by atoms with Crippen LogP contribution < -0.4 is 10.6 Å². The topological polar surface area (TPSA) is 29.3 Å². The highest BCUT2D eigenvalue weighted by Crippen LogP contribution is 2.26. The number of nitrogens with zero attached hydrogens (tertiary/aromatic N) is 1. The standard InChI is InChI=1S/C11H16Cl2N2/c1-15(7-3-2-6-14)9-4-5-10(12)11(13)8-9/h4-5,8H,2-3,6-7,14H2,1H3. The minimum atomic E-state index is 0.593. The molecule has 84 valence electrons. The van der Waals surface area contributed by atoms with Gasteiger partial charge in [0.2, 0.25) is 0 Å². The maximum atomic E-state index is 5.94. The van der Waals surface area contributed by atoms with E-state index in [0.29, 0.717) is 10.0 Å². The number of nitrogens with two attached hydrogens (primary N) is 1. The van der Waals surface area contributed by atoms with Crippen LogP contribution in [0.25, 0.3) is 0 Å². The predicted octanol–water partition coefficient (Wildman–Crippen LogP) is 3.17. The molecule has 0 fully saturated rings. The summed E-state index contributed by atoms with van der Waals surface area (Å²) < 4.78 is 0. The van der Waals surface area contributed by atoms with Gasteiger partial charge in [0.15, 0.2) is 0 Å². The zero-order chi connectivity index (χ0) is 11.3. The Balaban J connectivity index is 2.57. The van der Waals surface area contributed by atoms with Gasteiger partial charge in [0.1, 0.15) is 0 Å². The summed E-state index contributed by atoms with van der Waals surface area (Å²) in [5.74, 6) is 0. The number of halogens is 2. The molecule has 0 aliphatic rings. The number of anilines is 1. The molecule has 0 aliphatic heterocycles. The normalized spacial score (nSPS) is 10.4. The molecule has 2 nitrogen and oxygen atoms in total. The van der Waals surface area contributed by atoms with Crippen molar-refractivity contribution in [1.29, 1.82) is 0 Å². The van der Waals surface area contributed by atoms with E-state index in [9.17, 15) is 0 Å². The number of hydrogen-bond acceptors (Lipinski definition) is 2. The fourth-order valence-electron chi connectivity index (χ4n) is 1.34. The SMILES string of the molecule is CN(CCCCN)c1ccc(Cl)c(Cl)c1. The van der Waals surface area contributed by atoms with Gasteiger partial charge in [0.05, 0.1) is 10.0 Å². The molecule has 0 atom stereocenters. The summed E-state index contributed by atoms with van der Waals surface area (Å²) >= 11 is 11.8. The van der Waals surface area contributed by atoms with Crippen LogP contribution in [-0.4, -0.2) is 20.1 Å². The van der Waals surface area contributed by atoms with Crippen molar-refractivity contribution in [2.75, 3.05) is 25.0 Å². The van der Waals surface area contributed by atoms with E-state index < -0.39 is 0 Å². The van der Waals surface area contributed by atoms with Crippen molar-refractivity contribution in [3.63, 3.8) is 0 Å². The fraction of sp³-hybridized carbons (Fsp3) is 0.455. The van der Waals surface area contributed by atoms with Crippen molar-refractivity contribution in [2.24, 2.45) is 5.73 Å². The van der Waals surface area contributed by atoms with Crippen molar-refractivity contribution in [2.45, 2.75) is 12.8 Å². The Kier molecular flexibility index (Phi) is 5.23. The molecular formula is C11H16Cl2N2. The van der Waals surface area contributed by atoms with Gasteiger partial charge in [0, 0.05) is 19.3 Å². The summed E-state index contributed by atoms with van der Waals surface area (Å²) in [7, 11) is 2.04. The van der Waals surface area contributed by atoms with Crippen LogP contribution in [0.2, 0.25) is 10.0 Å². The fourth-order valence-corrected chi connectivity index (χ4v) is 1.64. The van der Waals surface area contributed by atoms with E-state index in [1.165, 1.54) is 0 Å². The second-order valence-electron chi connectivity index (χ2n) is 3.52. The predicted molar refractivity (Wildman–Crippen MR) is 68.0 cm³/mol. The molecule has 1 aromatic rings. The molecule has 0 amide bonds. The van der Waals surface area contributed by atoms with Crippen LogP contribution in [0.4, 0.5) is 5.69 Å². The number of benzene rings is 1. The van der Waals surface area contributed by atoms with Gasteiger partial charge >= 0.3 is 0 Å². The molecule has 4 heteroatoms. The third-order valence-electron chi connectivity index (χ3n) is 2.29. The van der Waals surface area contributed by atoms with Crippen molar-refractivity contribution in [3.05, 3.63) is 28.2 Å². The average Bonchev–Trinajstić information content (AvgIpc) is 2.22. The van der Waals surface area contributed by atoms with Gasteiger partial charge in [-0.15, -0.1) is 0 Å². The highest BCUT2D eigenvalue weighted by atomic mass is 35.5. The van der Waals surface area contributed by atoms with Crippen LogP contribution in [0, 0.1) is 0 Å². The van der Waals surface area contributed by atoms with Crippen LogP contribution in [0.1, 0.15) is 12.8 Å². The highest BCUT2D eigenvalue weighted by Gasteiger charge is 2.03. The van der Waals surface area contributed by atoms with E-state index in [2.05, 4.69) is 4.90 Å². The molecule has 0 spiro atoms. The third-order valence-corrected chi connectivity index (χ3v) is 3.03. The van der Waals surface area contributed by atoms with Crippen LogP contribution in [0.3, 0.4) is 0 Å². The van der Waals surface area contributed by atoms with Crippen LogP contribution in [0.5, 0.6) is 0 Å². The molecule has 0 saturated carbocycles. The molecule has 0 heterocycles. The van der Waals surface area contributed by atoms with Gasteiger partial charge in [-0.3, -0.25) is 0 Å². The lowest BCUT2D eigenvalue weighted by molar-refractivity contribution is 0.728. The summed E-state index contributed by atoms with van der Waals surface area (Å²) in [6, 6.07) is 5.67. The summed E-state index contributed by atoms with van der Waals surface area (Å²) in [5.41, 5.74) is 6.52. The third kappa shape index (κ3) is 3.90. The van der Waals surface area contributed by atoms with Gasteiger partial charge < -0.3 is 10.6 Å². The molecule has 0 saturated heterocycles. The van der Waals surface area contributed by atoms with E-state index in [4.69, 9.17) is 28.9 Å². The Morgan fingerprint density at radius 2 is 1.93 bits per heavy atom. The first-order chi connectivity index (χ1) is 7.15. The van der Waals surface area contributed by atoms with E-state index in [1.54, 1.807) is 0 Å². The second-order valence-corrected chi connectivity index (χ2v) is 4.33. The Morgan fingerprint density at radius 1 is 1.20 bits per heavy atom. The largest absolute Gasteiger partial charge is 0.375 e. The number of unbranched alkanes of at least 4 members (excludes halogenated alkanes) is 1. The minimum absolute atomic E-state index is 0.593. The monoisotopic (exact) mass is 246 g/mol. The molecule has 0 aliphatic carbocycles. The lowest BCUT2D eigenvalue weighted by Gasteiger charge is -2.19. The zero-order valence-electron chi connectivity index (χ0n) is 8.84. The molecule has 15 heavy (non-hydrogen) atoms. The van der Waals surface area contributed by atoms with Gasteiger partial charge in [-0.2, -0.15) is 0 Å². The molecule has 0 unspecified atom stereocenters. The van der Waals surface area contributed by atoms with Crippen molar-refractivity contribution < 1.29 is 0 Å². The molecule has 1 rings (SSSR count). The van der Waals surface area contributed by atoms with Crippen molar-refractivity contribution >= 4 is 28.9 Å². The molecule has 0 radical (unpaired) electrons. The minimum Gasteiger partial charge on any atom is -0.375 e. The summed E-state index contributed by atoms with van der Waals surface area (Å²) in [6.45, 7) is 1.73. The number of rotatable bonds is 5. The molecule has 0 bridgehead atoms. The summed E-state index contributed by atoms with van der Waals surface area (Å²) in [4.78, 5) is 2.15. The van der Waals surface area contributed by atoms with Crippen LogP contribution in [-0.2, 0) is 0 Å². The van der Waals surface area contributed by atoms with Gasteiger partial charge in [-0.05, 0) is 37.6 Å². The molecule has 1 aromatic carbocycles. The van der Waals surface area contributed by atoms with E-state index >= 15 is 0 Å². The van der Waals surface area contributed by atoms with Gasteiger partial charge in [0.25, 0.3) is 0 Å². The molecular weight excluding hydrogens is 231 g/mol. The van der Waals surface area contributed by atoms with E-state index in [1.807, 2.05) is 25.2 Å². The molecule has 0 aromatic heterocycles. The lowest BCUT2D eigenvalue weighted by atomic mass is 10.2. The Hall–Kier alpha value is -0.440. The molecule has 2 N–H and O–H groups in total. The van der Waals surface area contributed by atoms with Crippen molar-refractivity contribution in [3.8, 4) is 0 Å². The van der Waals surface area contributed by atoms with E-state index in [0.717, 1.165) is 31.6 Å². The average molecular weight is 247 g/mol. The van der Waals surface area contributed by atoms with Gasteiger partial charge in [-0.25, -0.2) is 0 Å². The first-order valence-corrected chi connectivity index (χ1v) is 5.77. The zero-order valence-corrected chi connectivity index (χ0v) is 10.4. The second kappa shape index (κ2) is 6.21. The summed E-state index contributed by atoms with van der Waals surface area (Å²) in [5, 5.41) is 1.19. The first-order valence-electron chi connectivity index (χ1n) is 5.01. The van der Waals surface area contributed by atoms with Crippen molar-refractivity contribution in [1.82, 2.24) is 0 Å². The van der Waals surface area contributed by atoms with Crippen LogP contribution in [0.15, 0.2) is 18.2 Å². The quantitative estimate of drug-likeness (QED) is 0.810. The van der Waals surface area contributed by atoms with Crippen LogP contribution >= 0.6 is 23.2 Å². The summed E-state index contributed by atoms with van der Waals surface area (Å²) in [6.07, 6.45) is 2.14. The highest BCUT2D eigenvalue weighted by molar-refractivity contribution is 6.42.